The van der Waals surface area contributed by atoms with E-state index in [-0.39, 0.29) is 25.0 Å². The van der Waals surface area contributed by atoms with Crippen molar-refractivity contribution in [3.63, 3.8) is 0 Å². The molecule has 0 aliphatic carbocycles. The molecule has 1 heterocycles. The molecule has 3 rings (SSSR count). The molecule has 1 N–H and O–H groups in total. The predicted molar refractivity (Wildman–Crippen MR) is 103 cm³/mol. The van der Waals surface area contributed by atoms with E-state index >= 15 is 0 Å². The quantitative estimate of drug-likeness (QED) is 0.854. The summed E-state index contributed by atoms with van der Waals surface area (Å²) in [5.41, 5.74) is 2.53. The van der Waals surface area contributed by atoms with Crippen LogP contribution in [0.2, 0.25) is 5.02 Å². The summed E-state index contributed by atoms with van der Waals surface area (Å²) in [5.74, 6) is -0.0864. The molecule has 27 heavy (non-hydrogen) atoms. The first-order valence-electron chi connectivity index (χ1n) is 8.55. The van der Waals surface area contributed by atoms with Crippen LogP contribution >= 0.6 is 11.6 Å². The zero-order chi connectivity index (χ0) is 19.4. The number of ether oxygens (including phenoxy) is 2. The molecule has 1 saturated heterocycles. The summed E-state index contributed by atoms with van der Waals surface area (Å²) < 4.78 is 10.6. The standard InChI is InChI=1S/C20H21ClN2O4/c1-13-3-5-14(6-4-13)10-23-17(11-27-12-19(23)24)20(25)22-16-9-15(21)7-8-18(16)26-2/h3-9,17H,10-12H2,1-2H3,(H,22,25)/t17-/m0/s1. The molecule has 0 bridgehead atoms. The lowest BCUT2D eigenvalue weighted by molar-refractivity contribution is -0.154. The molecule has 2 amide bonds. The Morgan fingerprint density at radius 2 is 2.04 bits per heavy atom. The van der Waals surface area contributed by atoms with E-state index in [4.69, 9.17) is 21.1 Å². The Labute approximate surface area is 163 Å². The molecule has 0 spiro atoms. The van der Waals surface area contributed by atoms with E-state index < -0.39 is 6.04 Å². The van der Waals surface area contributed by atoms with Gasteiger partial charge in [-0.25, -0.2) is 0 Å². The van der Waals surface area contributed by atoms with Crippen molar-refractivity contribution in [1.82, 2.24) is 4.90 Å². The first-order chi connectivity index (χ1) is 13.0. The second-order valence-electron chi connectivity index (χ2n) is 6.37. The molecular weight excluding hydrogens is 368 g/mol. The predicted octanol–water partition coefficient (Wildman–Crippen LogP) is 3.02. The van der Waals surface area contributed by atoms with Crippen LogP contribution in [0.15, 0.2) is 42.5 Å². The highest BCUT2D eigenvalue weighted by atomic mass is 35.5. The number of anilines is 1. The summed E-state index contributed by atoms with van der Waals surface area (Å²) in [5, 5.41) is 3.27. The van der Waals surface area contributed by atoms with Crippen LogP contribution in [0.25, 0.3) is 0 Å². The van der Waals surface area contributed by atoms with E-state index in [1.165, 1.54) is 7.11 Å². The van der Waals surface area contributed by atoms with Crippen molar-refractivity contribution in [3.05, 3.63) is 58.6 Å². The van der Waals surface area contributed by atoms with E-state index in [1.54, 1.807) is 23.1 Å². The van der Waals surface area contributed by atoms with Crippen molar-refractivity contribution in [2.75, 3.05) is 25.6 Å². The number of nitrogens with zero attached hydrogens (tertiary/aromatic N) is 1. The highest BCUT2D eigenvalue weighted by Crippen LogP contribution is 2.28. The second kappa shape index (κ2) is 8.41. The number of amides is 2. The van der Waals surface area contributed by atoms with Crippen LogP contribution in [-0.4, -0.2) is 43.1 Å². The number of rotatable bonds is 5. The number of methoxy groups -OCH3 is 1. The minimum absolute atomic E-state index is 0.0316. The average molecular weight is 389 g/mol. The largest absolute Gasteiger partial charge is 0.495 e. The lowest BCUT2D eigenvalue weighted by atomic mass is 10.1. The summed E-state index contributed by atoms with van der Waals surface area (Å²) in [6, 6.07) is 12.1. The fourth-order valence-electron chi connectivity index (χ4n) is 2.90. The number of hydrogen-bond donors (Lipinski definition) is 1. The van der Waals surface area contributed by atoms with Crippen molar-refractivity contribution in [2.45, 2.75) is 19.5 Å². The molecule has 0 radical (unpaired) electrons. The van der Waals surface area contributed by atoms with Gasteiger partial charge in [-0.1, -0.05) is 41.4 Å². The molecule has 2 aromatic rings. The maximum Gasteiger partial charge on any atom is 0.249 e. The summed E-state index contributed by atoms with van der Waals surface area (Å²) in [6.45, 7) is 2.44. The highest BCUT2D eigenvalue weighted by molar-refractivity contribution is 6.31. The average Bonchev–Trinajstić information content (AvgIpc) is 2.65. The molecule has 7 heteroatoms. The van der Waals surface area contributed by atoms with E-state index in [0.29, 0.717) is 23.0 Å². The minimum atomic E-state index is -0.740. The number of morpholine rings is 1. The lowest BCUT2D eigenvalue weighted by Crippen LogP contribution is -2.54. The Morgan fingerprint density at radius 1 is 1.30 bits per heavy atom. The monoisotopic (exact) mass is 388 g/mol. The van der Waals surface area contributed by atoms with Crippen molar-refractivity contribution < 1.29 is 19.1 Å². The molecule has 142 valence electrons. The Balaban J connectivity index is 1.79. The third-order valence-corrected chi connectivity index (χ3v) is 4.63. The Bertz CT molecular complexity index is 838. The minimum Gasteiger partial charge on any atom is -0.495 e. The van der Waals surface area contributed by atoms with E-state index in [9.17, 15) is 9.59 Å². The fourth-order valence-corrected chi connectivity index (χ4v) is 3.08. The van der Waals surface area contributed by atoms with Gasteiger partial charge in [0.05, 0.1) is 19.4 Å². The zero-order valence-corrected chi connectivity index (χ0v) is 16.0. The zero-order valence-electron chi connectivity index (χ0n) is 15.2. The van der Waals surface area contributed by atoms with Gasteiger partial charge in [-0.15, -0.1) is 0 Å². The number of carbonyl (C=O) groups is 2. The highest BCUT2D eigenvalue weighted by Gasteiger charge is 2.34. The van der Waals surface area contributed by atoms with Gasteiger partial charge in [0, 0.05) is 11.6 Å². The number of hydrogen-bond acceptors (Lipinski definition) is 4. The van der Waals surface area contributed by atoms with Gasteiger partial charge >= 0.3 is 0 Å². The van der Waals surface area contributed by atoms with Crippen molar-refractivity contribution in [1.29, 1.82) is 0 Å². The van der Waals surface area contributed by atoms with E-state index in [2.05, 4.69) is 5.32 Å². The van der Waals surface area contributed by atoms with E-state index in [1.807, 2.05) is 31.2 Å². The Kier molecular flexibility index (Phi) is 5.98. The third kappa shape index (κ3) is 4.59. The van der Waals surface area contributed by atoms with Gasteiger partial charge in [-0.05, 0) is 30.7 Å². The van der Waals surface area contributed by atoms with Crippen LogP contribution in [0.5, 0.6) is 5.75 Å². The first-order valence-corrected chi connectivity index (χ1v) is 8.93. The SMILES string of the molecule is COc1ccc(Cl)cc1NC(=O)[C@@H]1COCC(=O)N1Cc1ccc(C)cc1. The van der Waals surface area contributed by atoms with Gasteiger partial charge in [0.15, 0.2) is 0 Å². The number of benzene rings is 2. The molecular formula is C20H21ClN2O4. The van der Waals surface area contributed by atoms with Crippen molar-refractivity contribution in [3.8, 4) is 5.75 Å². The summed E-state index contributed by atoms with van der Waals surface area (Å²) in [6.07, 6.45) is 0. The molecule has 1 atom stereocenters. The van der Waals surface area contributed by atoms with Crippen LogP contribution in [0.4, 0.5) is 5.69 Å². The number of halogens is 1. The smallest absolute Gasteiger partial charge is 0.249 e. The topological polar surface area (TPSA) is 67.9 Å². The second-order valence-corrected chi connectivity index (χ2v) is 6.81. The van der Waals surface area contributed by atoms with Crippen LogP contribution in [-0.2, 0) is 20.9 Å². The lowest BCUT2D eigenvalue weighted by Gasteiger charge is -2.34. The first kappa shape index (κ1) is 19.2. The normalized spacial score (nSPS) is 16.9. The van der Waals surface area contributed by atoms with Gasteiger partial charge < -0.3 is 19.7 Å². The molecule has 0 aromatic heterocycles. The number of aryl methyl sites for hydroxylation is 1. The summed E-state index contributed by atoms with van der Waals surface area (Å²) in [4.78, 5) is 26.8. The van der Waals surface area contributed by atoms with Crippen molar-refractivity contribution in [2.24, 2.45) is 0 Å². The third-order valence-electron chi connectivity index (χ3n) is 4.39. The van der Waals surface area contributed by atoms with Gasteiger partial charge in [0.2, 0.25) is 11.8 Å². The summed E-state index contributed by atoms with van der Waals surface area (Å²) >= 11 is 6.02. The van der Waals surface area contributed by atoms with Crippen LogP contribution in [0.3, 0.4) is 0 Å². The molecule has 1 fully saturated rings. The molecule has 0 saturated carbocycles. The van der Waals surface area contributed by atoms with E-state index in [0.717, 1.165) is 11.1 Å². The summed E-state index contributed by atoms with van der Waals surface area (Å²) in [7, 11) is 1.51. The van der Waals surface area contributed by atoms with Gasteiger partial charge in [0.1, 0.15) is 18.4 Å². The molecule has 0 unspecified atom stereocenters. The maximum atomic E-state index is 12.9. The van der Waals surface area contributed by atoms with Gasteiger partial charge in [0.25, 0.3) is 0 Å². The molecule has 2 aromatic carbocycles. The Hall–Kier alpha value is -2.57. The van der Waals surface area contributed by atoms with Crippen LogP contribution in [0.1, 0.15) is 11.1 Å². The van der Waals surface area contributed by atoms with Crippen LogP contribution < -0.4 is 10.1 Å². The number of nitrogens with one attached hydrogen (secondary N) is 1. The molecule has 1 aliphatic rings. The van der Waals surface area contributed by atoms with Gasteiger partial charge in [-0.3, -0.25) is 9.59 Å². The molecule has 1 aliphatic heterocycles. The maximum absolute atomic E-state index is 12.9. The van der Waals surface area contributed by atoms with Crippen molar-refractivity contribution >= 4 is 29.1 Å². The number of carbonyl (C=O) groups excluding carboxylic acids is 2. The fraction of sp³-hybridized carbons (Fsp3) is 0.300. The van der Waals surface area contributed by atoms with Crippen LogP contribution in [0, 0.1) is 6.92 Å². The molecule has 6 nitrogen and oxygen atoms in total. The van der Waals surface area contributed by atoms with Gasteiger partial charge in [-0.2, -0.15) is 0 Å². The Morgan fingerprint density at radius 3 is 2.74 bits per heavy atom.